The summed E-state index contributed by atoms with van der Waals surface area (Å²) in [6, 6.07) is 6.31. The lowest BCUT2D eigenvalue weighted by atomic mass is 9.99. The topological polar surface area (TPSA) is 154 Å². The lowest BCUT2D eigenvalue weighted by molar-refractivity contribution is -0.271. The fourth-order valence-electron chi connectivity index (χ4n) is 2.31. The molecule has 1 aromatic carbocycles. The molecular weight excluding hydrogens is 324 g/mol. The maximum Gasteiger partial charge on any atom is 0.335 e. The average molecular weight is 342 g/mol. The highest BCUT2D eigenvalue weighted by molar-refractivity contribution is 5.73. The number of hydrogen-bond acceptors (Lipinski definition) is 7. The van der Waals surface area contributed by atoms with Crippen LogP contribution in [0.5, 0.6) is 5.75 Å². The third-order valence-corrected chi connectivity index (χ3v) is 3.59. The molecule has 0 unspecified atom stereocenters. The largest absolute Gasteiger partial charge is 0.481 e. The van der Waals surface area contributed by atoms with Gasteiger partial charge in [-0.05, 0) is 24.1 Å². The van der Waals surface area contributed by atoms with Crippen LogP contribution >= 0.6 is 0 Å². The van der Waals surface area contributed by atoms with Gasteiger partial charge in [0.25, 0.3) is 0 Å². The van der Waals surface area contributed by atoms with Crippen LogP contribution in [0.4, 0.5) is 0 Å². The summed E-state index contributed by atoms with van der Waals surface area (Å²) in [5.74, 6) is -2.25. The molecule has 1 heterocycles. The zero-order chi connectivity index (χ0) is 17.9. The van der Waals surface area contributed by atoms with Gasteiger partial charge in [0.15, 0.2) is 6.10 Å². The Hall–Kier alpha value is -2.20. The Kier molecular flexibility index (Phi) is 5.73. The van der Waals surface area contributed by atoms with Crippen LogP contribution in [0.15, 0.2) is 24.3 Å². The first-order chi connectivity index (χ1) is 11.3. The van der Waals surface area contributed by atoms with Gasteiger partial charge in [0.05, 0.1) is 0 Å². The molecule has 0 aliphatic carbocycles. The Bertz CT molecular complexity index is 602. The van der Waals surface area contributed by atoms with Gasteiger partial charge in [-0.15, -0.1) is 0 Å². The number of carboxylic acid groups (broad SMARTS) is 2. The van der Waals surface area contributed by atoms with Gasteiger partial charge in [-0.25, -0.2) is 4.79 Å². The van der Waals surface area contributed by atoms with Crippen molar-refractivity contribution in [2.24, 2.45) is 0 Å². The zero-order valence-corrected chi connectivity index (χ0v) is 12.5. The van der Waals surface area contributed by atoms with E-state index in [4.69, 9.17) is 19.7 Å². The summed E-state index contributed by atoms with van der Waals surface area (Å²) in [5, 5.41) is 46.9. The van der Waals surface area contributed by atoms with Gasteiger partial charge in [0, 0.05) is 6.42 Å². The zero-order valence-electron chi connectivity index (χ0n) is 12.5. The molecule has 0 amide bonds. The number of hydrogen-bond donors (Lipinski definition) is 5. The standard InChI is InChI=1S/C15H18O9/c16-9(17)5-4-7-2-1-3-8(6-7)23-15-12(20)10(18)11(19)13(24-15)14(21)22/h1-3,6,10-13,15,18-20H,4-5H2,(H,16,17)(H,21,22)/t10-,11-,12+,13-,15+/m0/s1. The third-order valence-electron chi connectivity index (χ3n) is 3.59. The van der Waals surface area contributed by atoms with Crippen LogP contribution in [0.2, 0.25) is 0 Å². The van der Waals surface area contributed by atoms with Crippen molar-refractivity contribution in [3.8, 4) is 5.75 Å². The van der Waals surface area contributed by atoms with E-state index in [9.17, 15) is 24.9 Å². The van der Waals surface area contributed by atoms with E-state index in [0.29, 0.717) is 5.56 Å². The first kappa shape index (κ1) is 18.1. The molecule has 1 aliphatic rings. The van der Waals surface area contributed by atoms with E-state index < -0.39 is 42.6 Å². The van der Waals surface area contributed by atoms with Crippen LogP contribution in [-0.2, 0) is 20.7 Å². The minimum atomic E-state index is -1.79. The van der Waals surface area contributed by atoms with E-state index in [2.05, 4.69) is 0 Å². The highest BCUT2D eigenvalue weighted by Gasteiger charge is 2.48. The molecule has 2 rings (SSSR count). The number of aliphatic hydroxyl groups is 3. The fraction of sp³-hybridized carbons (Fsp3) is 0.467. The molecule has 0 radical (unpaired) electrons. The Morgan fingerprint density at radius 3 is 2.42 bits per heavy atom. The van der Waals surface area contributed by atoms with Crippen molar-refractivity contribution in [2.75, 3.05) is 0 Å². The summed E-state index contributed by atoms with van der Waals surface area (Å²) < 4.78 is 10.4. The van der Waals surface area contributed by atoms with Crippen LogP contribution in [0.3, 0.4) is 0 Å². The van der Waals surface area contributed by atoms with Gasteiger partial charge in [-0.3, -0.25) is 4.79 Å². The lowest BCUT2D eigenvalue weighted by Crippen LogP contribution is -2.61. The molecule has 5 N–H and O–H groups in total. The second-order valence-electron chi connectivity index (χ2n) is 5.39. The molecular formula is C15H18O9. The molecule has 1 fully saturated rings. The minimum Gasteiger partial charge on any atom is -0.481 e. The maximum absolute atomic E-state index is 11.0. The van der Waals surface area contributed by atoms with Crippen molar-refractivity contribution in [3.63, 3.8) is 0 Å². The van der Waals surface area contributed by atoms with Crippen LogP contribution in [0, 0.1) is 0 Å². The quantitative estimate of drug-likeness (QED) is 0.437. The first-order valence-electron chi connectivity index (χ1n) is 7.19. The van der Waals surface area contributed by atoms with Crippen molar-refractivity contribution in [1.29, 1.82) is 0 Å². The van der Waals surface area contributed by atoms with Gasteiger partial charge in [0.2, 0.25) is 6.29 Å². The number of carbonyl (C=O) groups is 2. The van der Waals surface area contributed by atoms with E-state index in [0.717, 1.165) is 0 Å². The summed E-state index contributed by atoms with van der Waals surface area (Å²) in [6.45, 7) is 0. The van der Waals surface area contributed by atoms with E-state index >= 15 is 0 Å². The van der Waals surface area contributed by atoms with Crippen LogP contribution in [0.25, 0.3) is 0 Å². The van der Waals surface area contributed by atoms with Crippen LogP contribution < -0.4 is 4.74 Å². The highest BCUT2D eigenvalue weighted by Crippen LogP contribution is 2.25. The third kappa shape index (κ3) is 4.20. The van der Waals surface area contributed by atoms with Gasteiger partial charge in [-0.2, -0.15) is 0 Å². The molecule has 9 nitrogen and oxygen atoms in total. The summed E-state index contributed by atoms with van der Waals surface area (Å²) in [5.41, 5.74) is 0.663. The Labute approximate surface area is 136 Å². The van der Waals surface area contributed by atoms with E-state index in [1.807, 2.05) is 0 Å². The number of aliphatic hydroxyl groups excluding tert-OH is 3. The molecule has 1 aromatic rings. The van der Waals surface area contributed by atoms with Crippen molar-refractivity contribution in [3.05, 3.63) is 29.8 Å². The number of aliphatic carboxylic acids is 2. The molecule has 132 valence electrons. The van der Waals surface area contributed by atoms with Crippen molar-refractivity contribution < 1.29 is 44.6 Å². The van der Waals surface area contributed by atoms with E-state index in [-0.39, 0.29) is 18.6 Å². The van der Waals surface area contributed by atoms with E-state index in [1.54, 1.807) is 12.1 Å². The fourth-order valence-corrected chi connectivity index (χ4v) is 2.31. The summed E-state index contributed by atoms with van der Waals surface area (Å²) in [6.07, 6.45) is -8.25. The smallest absolute Gasteiger partial charge is 0.335 e. The number of aryl methyl sites for hydroxylation is 1. The minimum absolute atomic E-state index is 0.0714. The van der Waals surface area contributed by atoms with Gasteiger partial charge in [0.1, 0.15) is 24.1 Å². The molecule has 1 saturated heterocycles. The number of benzene rings is 1. The normalized spacial score (nSPS) is 29.9. The molecule has 0 aromatic heterocycles. The van der Waals surface area contributed by atoms with Gasteiger partial charge in [-0.1, -0.05) is 12.1 Å². The summed E-state index contributed by atoms with van der Waals surface area (Å²) in [4.78, 5) is 21.6. The van der Waals surface area contributed by atoms with Crippen molar-refractivity contribution in [1.82, 2.24) is 0 Å². The second-order valence-corrected chi connectivity index (χ2v) is 5.39. The highest BCUT2D eigenvalue weighted by atomic mass is 16.7. The Balaban J connectivity index is 2.10. The van der Waals surface area contributed by atoms with Crippen molar-refractivity contribution >= 4 is 11.9 Å². The van der Waals surface area contributed by atoms with Crippen LogP contribution in [0.1, 0.15) is 12.0 Å². The van der Waals surface area contributed by atoms with E-state index in [1.165, 1.54) is 12.1 Å². The van der Waals surface area contributed by atoms with Gasteiger partial charge < -0.3 is 35.0 Å². The lowest BCUT2D eigenvalue weighted by Gasteiger charge is -2.38. The summed E-state index contributed by atoms with van der Waals surface area (Å²) in [7, 11) is 0. The summed E-state index contributed by atoms with van der Waals surface area (Å²) >= 11 is 0. The second kappa shape index (κ2) is 7.58. The monoisotopic (exact) mass is 342 g/mol. The predicted octanol–water partition coefficient (Wildman–Crippen LogP) is -1.03. The molecule has 5 atom stereocenters. The number of rotatable bonds is 6. The Morgan fingerprint density at radius 1 is 1.08 bits per heavy atom. The molecule has 24 heavy (non-hydrogen) atoms. The first-order valence-corrected chi connectivity index (χ1v) is 7.19. The Morgan fingerprint density at radius 2 is 1.79 bits per heavy atom. The van der Waals surface area contributed by atoms with Crippen LogP contribution in [-0.4, -0.2) is 68.2 Å². The molecule has 0 spiro atoms. The molecule has 0 saturated carbocycles. The van der Waals surface area contributed by atoms with Crippen molar-refractivity contribution in [2.45, 2.75) is 43.5 Å². The SMILES string of the molecule is O=C(O)CCc1cccc(O[C@@H]2O[C@H](C(=O)O)[C@@H](O)[C@H](O)[C@H]2O)c1. The number of ether oxygens (including phenoxy) is 2. The van der Waals surface area contributed by atoms with Gasteiger partial charge >= 0.3 is 11.9 Å². The molecule has 0 bridgehead atoms. The predicted molar refractivity (Wildman–Crippen MR) is 77.3 cm³/mol. The number of carboxylic acids is 2. The maximum atomic E-state index is 11.0. The average Bonchev–Trinajstić information content (AvgIpc) is 2.53. The molecule has 1 aliphatic heterocycles. The molecule has 9 heteroatoms.